The number of fused-ring (bicyclic) bond motifs is 1. The number of aliphatic hydroxyl groups is 1. The molecule has 0 bridgehead atoms. The largest absolute Gasteiger partial charge is 0.389 e. The van der Waals surface area contributed by atoms with E-state index < -0.39 is 5.60 Å². The van der Waals surface area contributed by atoms with Gasteiger partial charge in [-0.3, -0.25) is 4.79 Å². The summed E-state index contributed by atoms with van der Waals surface area (Å²) in [5.41, 5.74) is 4.94. The number of hydrogen-bond acceptors (Lipinski definition) is 6. The maximum atomic E-state index is 11.6. The number of aromatic nitrogens is 2. The van der Waals surface area contributed by atoms with Crippen molar-refractivity contribution in [3.63, 3.8) is 0 Å². The smallest absolute Gasteiger partial charge is 0.216 e. The zero-order valence-electron chi connectivity index (χ0n) is 24.6. The van der Waals surface area contributed by atoms with Gasteiger partial charge in [-0.15, -0.1) is 0 Å². The lowest BCUT2D eigenvalue weighted by Gasteiger charge is -2.35. The monoisotopic (exact) mass is 554 g/mol. The number of aryl methyl sites for hydroxylation is 1. The van der Waals surface area contributed by atoms with Gasteiger partial charge in [0.25, 0.3) is 0 Å². The molecule has 1 saturated heterocycles. The summed E-state index contributed by atoms with van der Waals surface area (Å²) in [6.45, 7) is 9.21. The van der Waals surface area contributed by atoms with Crippen molar-refractivity contribution in [3.05, 3.63) is 78.6 Å². The summed E-state index contributed by atoms with van der Waals surface area (Å²) >= 11 is 0. The molecule has 1 amide bonds. The maximum Gasteiger partial charge on any atom is 0.216 e. The molecule has 1 aliphatic rings. The van der Waals surface area contributed by atoms with E-state index in [1.807, 2.05) is 33.2 Å². The van der Waals surface area contributed by atoms with E-state index in [0.29, 0.717) is 19.0 Å². The Hall–Kier alpha value is -3.88. The van der Waals surface area contributed by atoms with Crippen LogP contribution in [0.2, 0.25) is 0 Å². The highest BCUT2D eigenvalue weighted by atomic mass is 16.3. The number of nitrogens with zero attached hydrogens (tertiary/aromatic N) is 4. The SMILES string of the molecule is CC(=O)NCCN(c1ccnc(Nc2ccc(C3CCN(CC(C)(C)O)CC3)cc2)c1)c1ccc2c(ccn2C)c1. The number of hydrogen-bond donors (Lipinski definition) is 3. The Labute approximate surface area is 243 Å². The summed E-state index contributed by atoms with van der Waals surface area (Å²) < 4.78 is 2.11. The van der Waals surface area contributed by atoms with Crippen molar-refractivity contribution < 1.29 is 9.90 Å². The Balaban J connectivity index is 1.28. The summed E-state index contributed by atoms with van der Waals surface area (Å²) in [6, 6.07) is 21.3. The summed E-state index contributed by atoms with van der Waals surface area (Å²) in [7, 11) is 2.05. The van der Waals surface area contributed by atoms with Crippen LogP contribution in [-0.4, -0.2) is 63.8 Å². The van der Waals surface area contributed by atoms with E-state index in [4.69, 9.17) is 0 Å². The number of rotatable bonds is 10. The predicted molar refractivity (Wildman–Crippen MR) is 167 cm³/mol. The Bertz CT molecular complexity index is 1470. The van der Waals surface area contributed by atoms with Crippen LogP contribution in [-0.2, 0) is 11.8 Å². The summed E-state index contributed by atoms with van der Waals surface area (Å²) in [5, 5.41) is 17.7. The molecule has 1 fully saturated rings. The lowest BCUT2D eigenvalue weighted by Crippen LogP contribution is -2.42. The summed E-state index contributed by atoms with van der Waals surface area (Å²) in [6.07, 6.45) is 6.10. The average Bonchev–Trinajstić information content (AvgIpc) is 3.31. The molecule has 3 heterocycles. The molecule has 0 aliphatic carbocycles. The van der Waals surface area contributed by atoms with Crippen LogP contribution in [0.3, 0.4) is 0 Å². The molecule has 2 aromatic carbocycles. The van der Waals surface area contributed by atoms with Crippen molar-refractivity contribution >= 4 is 39.7 Å². The van der Waals surface area contributed by atoms with E-state index in [1.165, 1.54) is 16.5 Å². The lowest BCUT2D eigenvalue weighted by molar-refractivity contribution is -0.118. The second kappa shape index (κ2) is 12.3. The van der Waals surface area contributed by atoms with Gasteiger partial charge in [-0.05, 0) is 93.7 Å². The molecule has 3 N–H and O–H groups in total. The van der Waals surface area contributed by atoms with Gasteiger partial charge in [0.2, 0.25) is 5.91 Å². The highest BCUT2D eigenvalue weighted by Gasteiger charge is 2.24. The third-order valence-electron chi connectivity index (χ3n) is 7.80. The molecule has 4 aromatic rings. The van der Waals surface area contributed by atoms with Crippen LogP contribution in [0.5, 0.6) is 0 Å². The number of carbonyl (C=O) groups is 1. The van der Waals surface area contributed by atoms with Crippen molar-refractivity contribution in [1.29, 1.82) is 0 Å². The first kappa shape index (κ1) is 28.6. The minimum Gasteiger partial charge on any atom is -0.389 e. The van der Waals surface area contributed by atoms with Gasteiger partial charge in [0, 0.05) is 80.0 Å². The Morgan fingerprint density at radius 2 is 1.78 bits per heavy atom. The van der Waals surface area contributed by atoms with Crippen LogP contribution < -0.4 is 15.5 Å². The van der Waals surface area contributed by atoms with Crippen LogP contribution >= 0.6 is 0 Å². The minimum atomic E-state index is -0.649. The molecule has 216 valence electrons. The Morgan fingerprint density at radius 1 is 1.05 bits per heavy atom. The molecule has 0 radical (unpaired) electrons. The van der Waals surface area contributed by atoms with Crippen molar-refractivity contribution in [2.24, 2.45) is 7.05 Å². The molecule has 41 heavy (non-hydrogen) atoms. The fraction of sp³-hybridized carbons (Fsp3) is 0.394. The highest BCUT2D eigenvalue weighted by Crippen LogP contribution is 2.32. The van der Waals surface area contributed by atoms with Crippen molar-refractivity contribution in [2.45, 2.75) is 45.1 Å². The summed E-state index contributed by atoms with van der Waals surface area (Å²) in [5.74, 6) is 1.27. The molecule has 8 heteroatoms. The molecule has 5 rings (SSSR count). The average molecular weight is 555 g/mol. The molecule has 1 aliphatic heterocycles. The molecule has 0 saturated carbocycles. The molecule has 2 aromatic heterocycles. The number of piperidine rings is 1. The first-order chi connectivity index (χ1) is 19.6. The number of pyridine rings is 1. The number of anilines is 4. The normalized spacial score (nSPS) is 14.8. The number of β-amino-alcohol motifs (C(OH)–C–C–N with tert-alkyl or cyclic N) is 1. The topological polar surface area (TPSA) is 85.7 Å². The fourth-order valence-corrected chi connectivity index (χ4v) is 5.80. The standard InChI is InChI=1S/C33H42N6O2/c1-24(40)34-16-20-39(29-9-10-31-27(21-29)12-17-37(31)4)30-11-15-35-32(22-30)36-28-7-5-25(6-8-28)26-13-18-38(19-14-26)23-33(2,3)41/h5-12,15,17,21-22,26,41H,13-14,16,18-20,23H2,1-4H3,(H,34,40)(H,35,36). The van der Waals surface area contributed by atoms with E-state index in [-0.39, 0.29) is 5.91 Å². The lowest BCUT2D eigenvalue weighted by atomic mass is 9.89. The highest BCUT2D eigenvalue weighted by molar-refractivity contribution is 5.85. The molecular weight excluding hydrogens is 512 g/mol. The number of benzene rings is 2. The fourth-order valence-electron chi connectivity index (χ4n) is 5.80. The van der Waals surface area contributed by atoms with Gasteiger partial charge in [-0.25, -0.2) is 4.98 Å². The molecule has 0 atom stereocenters. The van der Waals surface area contributed by atoms with Gasteiger partial charge >= 0.3 is 0 Å². The zero-order chi connectivity index (χ0) is 29.0. The van der Waals surface area contributed by atoms with Gasteiger partial charge in [-0.1, -0.05) is 12.1 Å². The molecule has 0 spiro atoms. The van der Waals surface area contributed by atoms with Crippen molar-refractivity contribution in [1.82, 2.24) is 19.8 Å². The van der Waals surface area contributed by atoms with Gasteiger partial charge < -0.3 is 30.1 Å². The Kier molecular flexibility index (Phi) is 8.61. The van der Waals surface area contributed by atoms with E-state index in [2.05, 4.69) is 90.8 Å². The van der Waals surface area contributed by atoms with Gasteiger partial charge in [0.05, 0.1) is 5.60 Å². The number of carbonyl (C=O) groups excluding carboxylic acids is 1. The Morgan fingerprint density at radius 3 is 2.49 bits per heavy atom. The third-order valence-corrected chi connectivity index (χ3v) is 7.80. The number of nitrogens with one attached hydrogen (secondary N) is 2. The van der Waals surface area contributed by atoms with Crippen LogP contribution in [0.1, 0.15) is 45.1 Å². The van der Waals surface area contributed by atoms with Gasteiger partial charge in [-0.2, -0.15) is 0 Å². The van der Waals surface area contributed by atoms with E-state index >= 15 is 0 Å². The quantitative estimate of drug-likeness (QED) is 0.239. The molecule has 8 nitrogen and oxygen atoms in total. The molecule has 0 unspecified atom stereocenters. The third kappa shape index (κ3) is 7.45. The first-order valence-corrected chi connectivity index (χ1v) is 14.5. The van der Waals surface area contributed by atoms with E-state index in [0.717, 1.165) is 55.4 Å². The first-order valence-electron chi connectivity index (χ1n) is 14.5. The number of amides is 1. The summed E-state index contributed by atoms with van der Waals surface area (Å²) in [4.78, 5) is 20.7. The van der Waals surface area contributed by atoms with Crippen molar-refractivity contribution in [3.8, 4) is 0 Å². The van der Waals surface area contributed by atoms with Gasteiger partial charge in [0.15, 0.2) is 0 Å². The van der Waals surface area contributed by atoms with E-state index in [1.54, 1.807) is 6.92 Å². The van der Waals surface area contributed by atoms with Gasteiger partial charge in [0.1, 0.15) is 5.82 Å². The van der Waals surface area contributed by atoms with Crippen LogP contribution in [0.25, 0.3) is 10.9 Å². The molecular formula is C33H42N6O2. The minimum absolute atomic E-state index is 0.0383. The van der Waals surface area contributed by atoms with E-state index in [9.17, 15) is 9.90 Å². The number of likely N-dealkylation sites (tertiary alicyclic amines) is 1. The second-order valence-electron chi connectivity index (χ2n) is 11.8. The van der Waals surface area contributed by atoms with Crippen LogP contribution in [0, 0.1) is 0 Å². The van der Waals surface area contributed by atoms with Crippen molar-refractivity contribution in [2.75, 3.05) is 42.9 Å². The van der Waals surface area contributed by atoms with Crippen LogP contribution in [0.4, 0.5) is 22.9 Å². The second-order valence-corrected chi connectivity index (χ2v) is 11.8. The van der Waals surface area contributed by atoms with Crippen LogP contribution in [0.15, 0.2) is 73.1 Å². The zero-order valence-corrected chi connectivity index (χ0v) is 24.6. The maximum absolute atomic E-state index is 11.6. The predicted octanol–water partition coefficient (Wildman–Crippen LogP) is 5.54.